The van der Waals surface area contributed by atoms with E-state index in [1.165, 1.54) is 11.8 Å². The molecule has 1 saturated heterocycles. The van der Waals surface area contributed by atoms with E-state index in [0.717, 1.165) is 36.4 Å². The van der Waals surface area contributed by atoms with Crippen LogP contribution in [0.5, 0.6) is 0 Å². The first-order chi connectivity index (χ1) is 13.8. The molecule has 144 valence electrons. The van der Waals surface area contributed by atoms with Crippen molar-refractivity contribution in [1.29, 1.82) is 0 Å². The zero-order valence-corrected chi connectivity index (χ0v) is 16.2. The van der Waals surface area contributed by atoms with Crippen LogP contribution >= 0.6 is 11.8 Å². The third-order valence-corrected chi connectivity index (χ3v) is 5.47. The van der Waals surface area contributed by atoms with Gasteiger partial charge in [0.2, 0.25) is 11.1 Å². The van der Waals surface area contributed by atoms with Gasteiger partial charge in [-0.3, -0.25) is 9.89 Å². The molecule has 1 atom stereocenters. The summed E-state index contributed by atoms with van der Waals surface area (Å²) in [5.74, 6) is 0.928. The molecule has 0 saturated carbocycles. The Balaban J connectivity index is 1.39. The van der Waals surface area contributed by atoms with E-state index in [0.29, 0.717) is 5.16 Å². The molecule has 3 aromatic rings. The van der Waals surface area contributed by atoms with Gasteiger partial charge in [-0.05, 0) is 24.0 Å². The van der Waals surface area contributed by atoms with E-state index in [2.05, 4.69) is 20.5 Å². The molecule has 0 radical (unpaired) electrons. The van der Waals surface area contributed by atoms with Crippen molar-refractivity contribution >= 4 is 17.7 Å². The van der Waals surface area contributed by atoms with Crippen molar-refractivity contribution in [2.24, 2.45) is 0 Å². The number of thioether (sulfide) groups is 1. The highest BCUT2D eigenvalue weighted by atomic mass is 32.2. The summed E-state index contributed by atoms with van der Waals surface area (Å²) in [6, 6.07) is 19.8. The van der Waals surface area contributed by atoms with E-state index >= 15 is 0 Å². The summed E-state index contributed by atoms with van der Waals surface area (Å²) < 4.78 is 5.61. The lowest BCUT2D eigenvalue weighted by Gasteiger charge is -2.19. The highest BCUT2D eigenvalue weighted by molar-refractivity contribution is 7.99. The maximum atomic E-state index is 12.6. The molecule has 1 aliphatic heterocycles. The number of nitrogens with one attached hydrogen (secondary N) is 2. The third kappa shape index (κ3) is 4.61. The van der Waals surface area contributed by atoms with Crippen LogP contribution in [0.4, 0.5) is 0 Å². The van der Waals surface area contributed by atoms with Gasteiger partial charge in [-0.15, -0.1) is 5.10 Å². The van der Waals surface area contributed by atoms with Gasteiger partial charge in [-0.25, -0.2) is 4.98 Å². The number of benzene rings is 2. The minimum Gasteiger partial charge on any atom is -0.370 e. The first-order valence-electron chi connectivity index (χ1n) is 9.35. The highest BCUT2D eigenvalue weighted by Crippen LogP contribution is 2.27. The summed E-state index contributed by atoms with van der Waals surface area (Å²) in [7, 11) is 0. The zero-order valence-electron chi connectivity index (χ0n) is 15.4. The topological polar surface area (TPSA) is 79.9 Å². The van der Waals surface area contributed by atoms with Crippen LogP contribution in [0.1, 0.15) is 41.9 Å². The molecule has 7 heteroatoms. The zero-order chi connectivity index (χ0) is 19.2. The van der Waals surface area contributed by atoms with Crippen molar-refractivity contribution in [3.63, 3.8) is 0 Å². The Morgan fingerprint density at radius 2 is 1.82 bits per heavy atom. The van der Waals surface area contributed by atoms with E-state index in [4.69, 9.17) is 4.74 Å². The molecule has 28 heavy (non-hydrogen) atoms. The largest absolute Gasteiger partial charge is 0.370 e. The maximum Gasteiger partial charge on any atom is 0.231 e. The van der Waals surface area contributed by atoms with Crippen molar-refractivity contribution in [2.75, 3.05) is 12.4 Å². The Kier molecular flexibility index (Phi) is 6.04. The Labute approximate surface area is 168 Å². The molecule has 0 bridgehead atoms. The van der Waals surface area contributed by atoms with Crippen LogP contribution in [0.2, 0.25) is 0 Å². The first-order valence-corrected chi connectivity index (χ1v) is 10.3. The van der Waals surface area contributed by atoms with Crippen LogP contribution in [0.15, 0.2) is 65.8 Å². The monoisotopic (exact) mass is 394 g/mol. The van der Waals surface area contributed by atoms with E-state index in [9.17, 15) is 4.79 Å². The minimum atomic E-state index is -0.190. The van der Waals surface area contributed by atoms with Gasteiger partial charge in [0.25, 0.3) is 0 Å². The summed E-state index contributed by atoms with van der Waals surface area (Å²) in [4.78, 5) is 17.1. The smallest absolute Gasteiger partial charge is 0.231 e. The Bertz CT molecular complexity index is 856. The number of hydrogen-bond acceptors (Lipinski definition) is 5. The minimum absolute atomic E-state index is 0.00350. The van der Waals surface area contributed by atoms with Gasteiger partial charge in [0.05, 0.1) is 11.8 Å². The fourth-order valence-corrected chi connectivity index (χ4v) is 3.86. The molecule has 2 aromatic carbocycles. The summed E-state index contributed by atoms with van der Waals surface area (Å²) in [6.45, 7) is 0.761. The van der Waals surface area contributed by atoms with Gasteiger partial charge < -0.3 is 10.1 Å². The first kappa shape index (κ1) is 18.7. The fraction of sp³-hybridized carbons (Fsp3) is 0.286. The Morgan fingerprint density at radius 1 is 1.14 bits per heavy atom. The van der Waals surface area contributed by atoms with Crippen LogP contribution in [0, 0.1) is 0 Å². The van der Waals surface area contributed by atoms with E-state index in [1.54, 1.807) is 0 Å². The van der Waals surface area contributed by atoms with Crippen LogP contribution in [-0.2, 0) is 9.53 Å². The number of aromatic nitrogens is 3. The number of hydrogen-bond donors (Lipinski definition) is 2. The lowest BCUT2D eigenvalue weighted by Crippen LogP contribution is -2.30. The van der Waals surface area contributed by atoms with Gasteiger partial charge in [0, 0.05) is 6.61 Å². The standard InChI is InChI=1S/C21H22N4O2S/c26-18(14-28-21-23-20(24-25-21)17-12-7-13-27-17)22-19(15-8-3-1-4-9-15)16-10-5-2-6-11-16/h1-6,8-11,17,19H,7,12-14H2,(H,22,26)(H,23,24,25). The number of ether oxygens (including phenoxy) is 1. The molecule has 0 aliphatic carbocycles. The average Bonchev–Trinajstić information content (AvgIpc) is 3.43. The van der Waals surface area contributed by atoms with Gasteiger partial charge in [-0.1, -0.05) is 72.4 Å². The second-order valence-corrected chi connectivity index (χ2v) is 7.56. The molecule has 0 spiro atoms. The highest BCUT2D eigenvalue weighted by Gasteiger charge is 2.22. The predicted octanol–water partition coefficient (Wildman–Crippen LogP) is 3.65. The fourth-order valence-electron chi connectivity index (χ4n) is 3.24. The summed E-state index contributed by atoms with van der Waals surface area (Å²) in [5.41, 5.74) is 2.09. The van der Waals surface area contributed by atoms with Gasteiger partial charge in [-0.2, -0.15) is 0 Å². The number of rotatable bonds is 7. The lowest BCUT2D eigenvalue weighted by atomic mass is 9.99. The molecule has 1 aromatic heterocycles. The number of carbonyl (C=O) groups is 1. The average molecular weight is 395 g/mol. The number of carbonyl (C=O) groups excluding carboxylic acids is 1. The number of aromatic amines is 1. The number of H-pyrrole nitrogens is 1. The summed E-state index contributed by atoms with van der Waals surface area (Å²) in [6.07, 6.45) is 1.99. The van der Waals surface area contributed by atoms with E-state index in [1.807, 2.05) is 60.7 Å². The summed E-state index contributed by atoms with van der Waals surface area (Å²) in [5, 5.41) is 10.8. The number of amides is 1. The second kappa shape index (κ2) is 9.03. The molecule has 2 N–H and O–H groups in total. The lowest BCUT2D eigenvalue weighted by molar-refractivity contribution is -0.119. The van der Waals surface area contributed by atoms with Gasteiger partial charge in [0.15, 0.2) is 5.82 Å². The molecule has 6 nitrogen and oxygen atoms in total. The molecular formula is C21H22N4O2S. The number of nitrogens with zero attached hydrogens (tertiary/aromatic N) is 2. The van der Waals surface area contributed by atoms with Crippen molar-refractivity contribution in [3.8, 4) is 0 Å². The van der Waals surface area contributed by atoms with Crippen LogP contribution in [0.25, 0.3) is 0 Å². The second-order valence-electron chi connectivity index (χ2n) is 6.62. The summed E-state index contributed by atoms with van der Waals surface area (Å²) >= 11 is 1.32. The molecule has 1 unspecified atom stereocenters. The van der Waals surface area contributed by atoms with E-state index in [-0.39, 0.29) is 23.8 Å². The third-order valence-electron chi connectivity index (χ3n) is 4.62. The molecular weight excluding hydrogens is 372 g/mol. The SMILES string of the molecule is O=C(CSc1n[nH]c(C2CCCO2)n1)NC(c1ccccc1)c1ccccc1. The quantitative estimate of drug-likeness (QED) is 0.598. The molecule has 1 fully saturated rings. The van der Waals surface area contributed by atoms with Crippen molar-refractivity contribution in [3.05, 3.63) is 77.6 Å². The van der Waals surface area contributed by atoms with Crippen LogP contribution in [0.3, 0.4) is 0 Å². The molecule has 1 aliphatic rings. The van der Waals surface area contributed by atoms with Gasteiger partial charge >= 0.3 is 0 Å². The van der Waals surface area contributed by atoms with Crippen molar-refractivity contribution in [2.45, 2.75) is 30.1 Å². The molecule has 4 rings (SSSR count). The molecule has 2 heterocycles. The van der Waals surface area contributed by atoms with Crippen molar-refractivity contribution in [1.82, 2.24) is 20.5 Å². The Morgan fingerprint density at radius 3 is 2.43 bits per heavy atom. The normalized spacial score (nSPS) is 16.4. The predicted molar refractivity (Wildman–Crippen MR) is 108 cm³/mol. The van der Waals surface area contributed by atoms with Gasteiger partial charge in [0.1, 0.15) is 6.10 Å². The maximum absolute atomic E-state index is 12.6. The Hall–Kier alpha value is -2.64. The van der Waals surface area contributed by atoms with Crippen LogP contribution in [-0.4, -0.2) is 33.4 Å². The van der Waals surface area contributed by atoms with E-state index < -0.39 is 0 Å². The molecule has 1 amide bonds. The van der Waals surface area contributed by atoms with Crippen LogP contribution < -0.4 is 5.32 Å². The van der Waals surface area contributed by atoms with Crippen molar-refractivity contribution < 1.29 is 9.53 Å².